The van der Waals surface area contributed by atoms with Gasteiger partial charge in [0.1, 0.15) is 0 Å². The van der Waals surface area contributed by atoms with Crippen molar-refractivity contribution in [3.63, 3.8) is 0 Å². The van der Waals surface area contributed by atoms with Gasteiger partial charge in [-0.05, 0) is 43.3 Å². The van der Waals surface area contributed by atoms with E-state index in [9.17, 15) is 32.9 Å². The Labute approximate surface area is 240 Å². The van der Waals surface area contributed by atoms with E-state index >= 15 is 0 Å². The molecule has 212 valence electrons. The van der Waals surface area contributed by atoms with Crippen LogP contribution in [0.2, 0.25) is 5.02 Å². The molecule has 0 fully saturated rings. The van der Waals surface area contributed by atoms with Crippen LogP contribution in [0.5, 0.6) is 0 Å². The molecule has 0 aliphatic heterocycles. The standard InChI is InChI=1S/C26H20ClF3N6O4S/c1-15-18(8-5-11-21(15)36(39)40)24(38)31-13-22-33-34-25(35(22)17-7-4-6-16(27)12-17)41-14-23(37)32-20-10-3-2-9-19(20)26(28,29)30/h2-12H,13-14H2,1H3,(H,31,38)(H,32,37). The molecule has 41 heavy (non-hydrogen) atoms. The zero-order valence-electron chi connectivity index (χ0n) is 21.1. The Hall–Kier alpha value is -4.43. The highest BCUT2D eigenvalue weighted by molar-refractivity contribution is 7.99. The minimum absolute atomic E-state index is 0.110. The lowest BCUT2D eigenvalue weighted by atomic mass is 10.1. The normalized spacial score (nSPS) is 11.2. The van der Waals surface area contributed by atoms with E-state index in [1.807, 2.05) is 0 Å². The van der Waals surface area contributed by atoms with Crippen molar-refractivity contribution in [2.45, 2.75) is 24.8 Å². The minimum Gasteiger partial charge on any atom is -0.345 e. The lowest BCUT2D eigenvalue weighted by Gasteiger charge is -2.14. The Kier molecular flexibility index (Phi) is 8.93. The van der Waals surface area contributed by atoms with Crippen molar-refractivity contribution in [2.75, 3.05) is 11.1 Å². The number of amides is 2. The van der Waals surface area contributed by atoms with Crippen molar-refractivity contribution < 1.29 is 27.7 Å². The second-order valence-electron chi connectivity index (χ2n) is 8.48. The number of benzene rings is 3. The van der Waals surface area contributed by atoms with Crippen LogP contribution in [-0.4, -0.2) is 37.3 Å². The molecule has 1 aromatic heterocycles. The predicted octanol–water partition coefficient (Wildman–Crippen LogP) is 5.82. The molecule has 0 saturated carbocycles. The SMILES string of the molecule is Cc1c(C(=O)NCc2nnc(SCC(=O)Nc3ccccc3C(F)(F)F)n2-c2cccc(Cl)c2)cccc1[N+](=O)[O-]. The highest BCUT2D eigenvalue weighted by Crippen LogP contribution is 2.34. The summed E-state index contributed by atoms with van der Waals surface area (Å²) in [5.74, 6) is -1.34. The van der Waals surface area contributed by atoms with Gasteiger partial charge in [-0.1, -0.05) is 47.6 Å². The molecule has 10 nitrogen and oxygen atoms in total. The first-order valence-electron chi connectivity index (χ1n) is 11.8. The Morgan fingerprint density at radius 3 is 2.51 bits per heavy atom. The maximum absolute atomic E-state index is 13.3. The number of alkyl halides is 3. The molecule has 0 aliphatic rings. The van der Waals surface area contributed by atoms with Crippen molar-refractivity contribution in [3.8, 4) is 5.69 Å². The summed E-state index contributed by atoms with van der Waals surface area (Å²) in [7, 11) is 0. The fraction of sp³-hybridized carbons (Fsp3) is 0.154. The first kappa shape index (κ1) is 29.6. The van der Waals surface area contributed by atoms with E-state index in [2.05, 4.69) is 20.8 Å². The lowest BCUT2D eigenvalue weighted by Crippen LogP contribution is -2.25. The molecule has 0 atom stereocenters. The van der Waals surface area contributed by atoms with Gasteiger partial charge in [-0.2, -0.15) is 13.2 Å². The first-order valence-corrected chi connectivity index (χ1v) is 13.1. The number of halogens is 4. The quantitative estimate of drug-likeness (QED) is 0.140. The third-order valence-corrected chi connectivity index (χ3v) is 6.92. The van der Waals surface area contributed by atoms with Crippen LogP contribution in [0.3, 0.4) is 0 Å². The number of nitro groups is 1. The third-order valence-electron chi connectivity index (χ3n) is 5.76. The zero-order valence-corrected chi connectivity index (χ0v) is 22.7. The Bertz CT molecular complexity index is 1630. The molecule has 0 aliphatic carbocycles. The molecular weight excluding hydrogens is 585 g/mol. The largest absolute Gasteiger partial charge is 0.418 e. The van der Waals surface area contributed by atoms with Gasteiger partial charge in [0.25, 0.3) is 11.6 Å². The number of nitrogens with one attached hydrogen (secondary N) is 2. The second kappa shape index (κ2) is 12.4. The summed E-state index contributed by atoms with van der Waals surface area (Å²) >= 11 is 7.07. The summed E-state index contributed by atoms with van der Waals surface area (Å²) in [5.41, 5.74) is -0.739. The lowest BCUT2D eigenvalue weighted by molar-refractivity contribution is -0.385. The summed E-state index contributed by atoms with van der Waals surface area (Å²) in [6.45, 7) is 1.32. The third kappa shape index (κ3) is 7.02. The highest BCUT2D eigenvalue weighted by atomic mass is 35.5. The molecule has 2 N–H and O–H groups in total. The fourth-order valence-corrected chi connectivity index (χ4v) is 4.82. The monoisotopic (exact) mass is 604 g/mol. The van der Waals surface area contributed by atoms with Crippen molar-refractivity contribution in [1.29, 1.82) is 0 Å². The Morgan fingerprint density at radius 1 is 1.07 bits per heavy atom. The summed E-state index contributed by atoms with van der Waals surface area (Å²) < 4.78 is 41.4. The fourth-order valence-electron chi connectivity index (χ4n) is 3.86. The summed E-state index contributed by atoms with van der Waals surface area (Å²) in [5, 5.41) is 25.0. The van der Waals surface area contributed by atoms with Crippen LogP contribution < -0.4 is 10.6 Å². The van der Waals surface area contributed by atoms with Gasteiger partial charge >= 0.3 is 6.18 Å². The molecule has 1 heterocycles. The van der Waals surface area contributed by atoms with Crippen LogP contribution in [0.25, 0.3) is 5.69 Å². The number of rotatable bonds is 9. The molecule has 0 bridgehead atoms. The molecule has 0 saturated heterocycles. The number of thioether (sulfide) groups is 1. The molecule has 4 rings (SSSR count). The van der Waals surface area contributed by atoms with E-state index in [4.69, 9.17) is 11.6 Å². The number of anilines is 1. The van der Waals surface area contributed by atoms with Gasteiger partial charge in [0.15, 0.2) is 11.0 Å². The van der Waals surface area contributed by atoms with E-state index in [-0.39, 0.29) is 45.8 Å². The molecule has 0 radical (unpaired) electrons. The van der Waals surface area contributed by atoms with Crippen LogP contribution in [-0.2, 0) is 17.5 Å². The van der Waals surface area contributed by atoms with E-state index < -0.39 is 28.5 Å². The van der Waals surface area contributed by atoms with Gasteiger partial charge in [-0.25, -0.2) is 0 Å². The van der Waals surface area contributed by atoms with E-state index in [1.54, 1.807) is 24.3 Å². The number of aromatic nitrogens is 3. The first-order chi connectivity index (χ1) is 19.5. The zero-order chi connectivity index (χ0) is 29.7. The average Bonchev–Trinajstić information content (AvgIpc) is 3.33. The van der Waals surface area contributed by atoms with Gasteiger partial charge in [-0.3, -0.25) is 24.3 Å². The average molecular weight is 605 g/mol. The number of carbonyl (C=O) groups excluding carboxylic acids is 2. The summed E-state index contributed by atoms with van der Waals surface area (Å²) in [4.78, 5) is 36.1. The van der Waals surface area contributed by atoms with Gasteiger partial charge < -0.3 is 10.6 Å². The van der Waals surface area contributed by atoms with E-state index in [1.165, 1.54) is 41.8 Å². The molecule has 0 spiro atoms. The number of hydrogen-bond donors (Lipinski definition) is 2. The molecule has 0 unspecified atom stereocenters. The van der Waals surface area contributed by atoms with Crippen molar-refractivity contribution >= 4 is 46.6 Å². The van der Waals surface area contributed by atoms with Crippen molar-refractivity contribution in [1.82, 2.24) is 20.1 Å². The topological polar surface area (TPSA) is 132 Å². The molecule has 3 aromatic carbocycles. The number of para-hydroxylation sites is 1. The Balaban J connectivity index is 1.54. The van der Waals surface area contributed by atoms with E-state index in [0.29, 0.717) is 10.7 Å². The van der Waals surface area contributed by atoms with Gasteiger partial charge in [0.2, 0.25) is 5.91 Å². The molecule has 15 heteroatoms. The van der Waals surface area contributed by atoms with Gasteiger partial charge in [0, 0.05) is 22.2 Å². The van der Waals surface area contributed by atoms with Gasteiger partial charge in [-0.15, -0.1) is 10.2 Å². The minimum atomic E-state index is -4.65. The van der Waals surface area contributed by atoms with Gasteiger partial charge in [0.05, 0.1) is 34.2 Å². The summed E-state index contributed by atoms with van der Waals surface area (Å²) in [6, 6.07) is 15.4. The van der Waals surface area contributed by atoms with Crippen LogP contribution in [0.1, 0.15) is 27.3 Å². The number of hydrogen-bond acceptors (Lipinski definition) is 7. The number of nitro benzene ring substituents is 1. The van der Waals surface area contributed by atoms with Crippen LogP contribution in [0, 0.1) is 17.0 Å². The smallest absolute Gasteiger partial charge is 0.345 e. The van der Waals surface area contributed by atoms with Crippen LogP contribution in [0.4, 0.5) is 24.5 Å². The highest BCUT2D eigenvalue weighted by Gasteiger charge is 2.33. The van der Waals surface area contributed by atoms with E-state index in [0.717, 1.165) is 23.9 Å². The molecule has 4 aromatic rings. The number of nitrogens with zero attached hydrogens (tertiary/aromatic N) is 4. The van der Waals surface area contributed by atoms with Crippen molar-refractivity contribution in [3.05, 3.63) is 104 Å². The number of carbonyl (C=O) groups is 2. The molecular formula is C26H20ClF3N6O4S. The maximum atomic E-state index is 13.3. The maximum Gasteiger partial charge on any atom is 0.418 e. The predicted molar refractivity (Wildman–Crippen MR) is 146 cm³/mol. The molecule has 2 amide bonds. The summed E-state index contributed by atoms with van der Waals surface area (Å²) in [6.07, 6.45) is -4.65. The van der Waals surface area contributed by atoms with Crippen LogP contribution >= 0.6 is 23.4 Å². The van der Waals surface area contributed by atoms with Crippen molar-refractivity contribution in [2.24, 2.45) is 0 Å². The second-order valence-corrected chi connectivity index (χ2v) is 9.86. The Morgan fingerprint density at radius 2 is 1.80 bits per heavy atom. The van der Waals surface area contributed by atoms with Crippen LogP contribution in [0.15, 0.2) is 71.9 Å².